The van der Waals surface area contributed by atoms with Crippen molar-refractivity contribution in [1.82, 2.24) is 0 Å². The minimum absolute atomic E-state index is 0.444. The monoisotopic (exact) mass is 237 g/mol. The zero-order valence-electron chi connectivity index (χ0n) is 9.88. The van der Waals surface area contributed by atoms with Gasteiger partial charge in [0.25, 0.3) is 0 Å². The predicted octanol–water partition coefficient (Wildman–Crippen LogP) is 3.75. The van der Waals surface area contributed by atoms with Gasteiger partial charge in [-0.15, -0.1) is 0 Å². The second-order valence-electron chi connectivity index (χ2n) is 5.17. The summed E-state index contributed by atoms with van der Waals surface area (Å²) in [5, 5.41) is 0.828. The van der Waals surface area contributed by atoms with Gasteiger partial charge in [0, 0.05) is 5.02 Å². The summed E-state index contributed by atoms with van der Waals surface area (Å²) >= 11 is 5.92. The van der Waals surface area contributed by atoms with Crippen molar-refractivity contribution in [3.8, 4) is 0 Å². The minimum atomic E-state index is 0.444. The van der Waals surface area contributed by atoms with Crippen LogP contribution in [0.5, 0.6) is 0 Å². The van der Waals surface area contributed by atoms with Crippen molar-refractivity contribution in [3.05, 3.63) is 34.9 Å². The first kappa shape index (κ1) is 11.9. The Labute approximate surface area is 103 Å². The van der Waals surface area contributed by atoms with Crippen LogP contribution in [-0.4, -0.2) is 6.54 Å². The summed E-state index contributed by atoms with van der Waals surface area (Å²) in [5.41, 5.74) is 7.51. The molecule has 1 aliphatic carbocycles. The summed E-state index contributed by atoms with van der Waals surface area (Å²) in [6.45, 7) is 3.11. The Balaban J connectivity index is 2.05. The van der Waals surface area contributed by atoms with Gasteiger partial charge in [0.2, 0.25) is 0 Å². The Morgan fingerprint density at radius 2 is 1.94 bits per heavy atom. The number of nitrogens with two attached hydrogens (primary N) is 1. The molecular weight excluding hydrogens is 218 g/mol. The fourth-order valence-electron chi connectivity index (χ4n) is 2.62. The van der Waals surface area contributed by atoms with Crippen molar-refractivity contribution in [2.45, 2.75) is 38.0 Å². The van der Waals surface area contributed by atoms with Crippen molar-refractivity contribution in [2.24, 2.45) is 11.7 Å². The summed E-state index contributed by atoms with van der Waals surface area (Å²) in [6.07, 6.45) is 5.05. The van der Waals surface area contributed by atoms with Crippen LogP contribution in [0.25, 0.3) is 0 Å². The molecule has 16 heavy (non-hydrogen) atoms. The number of hydrogen-bond donors (Lipinski definition) is 1. The molecule has 0 saturated heterocycles. The van der Waals surface area contributed by atoms with Crippen LogP contribution in [0.3, 0.4) is 0 Å². The van der Waals surface area contributed by atoms with Crippen molar-refractivity contribution < 1.29 is 0 Å². The predicted molar refractivity (Wildman–Crippen MR) is 69.8 cm³/mol. The highest BCUT2D eigenvalue weighted by Crippen LogP contribution is 2.53. The first-order valence-corrected chi connectivity index (χ1v) is 6.50. The van der Waals surface area contributed by atoms with Gasteiger partial charge < -0.3 is 5.73 Å². The van der Waals surface area contributed by atoms with Gasteiger partial charge >= 0.3 is 0 Å². The van der Waals surface area contributed by atoms with E-state index in [1.165, 1.54) is 24.8 Å². The average molecular weight is 238 g/mol. The zero-order valence-corrected chi connectivity index (χ0v) is 10.6. The van der Waals surface area contributed by atoms with Gasteiger partial charge in [-0.3, -0.25) is 0 Å². The van der Waals surface area contributed by atoms with E-state index in [-0.39, 0.29) is 0 Å². The molecule has 2 rings (SSSR count). The van der Waals surface area contributed by atoms with Crippen LogP contribution in [0.15, 0.2) is 24.3 Å². The van der Waals surface area contributed by atoms with Gasteiger partial charge in [-0.05, 0) is 61.3 Å². The van der Waals surface area contributed by atoms with Gasteiger partial charge in [-0.25, -0.2) is 0 Å². The molecule has 1 aromatic carbocycles. The molecule has 0 amide bonds. The lowest BCUT2D eigenvalue weighted by Crippen LogP contribution is -2.14. The van der Waals surface area contributed by atoms with Crippen molar-refractivity contribution in [3.63, 3.8) is 0 Å². The number of halogens is 1. The lowest BCUT2D eigenvalue weighted by molar-refractivity contribution is 0.432. The number of hydrogen-bond acceptors (Lipinski definition) is 1. The number of benzene rings is 1. The van der Waals surface area contributed by atoms with E-state index in [0.717, 1.165) is 23.9 Å². The van der Waals surface area contributed by atoms with Crippen LogP contribution in [0.2, 0.25) is 5.02 Å². The summed E-state index contributed by atoms with van der Waals surface area (Å²) in [6, 6.07) is 8.38. The molecule has 0 radical (unpaired) electrons. The van der Waals surface area contributed by atoms with Gasteiger partial charge in [0.05, 0.1) is 0 Å². The first-order valence-electron chi connectivity index (χ1n) is 6.12. The normalized spacial score (nSPS) is 19.4. The molecule has 0 spiro atoms. The molecule has 1 aliphatic rings. The molecule has 0 aromatic heterocycles. The highest BCUT2D eigenvalue weighted by Gasteiger charge is 2.44. The van der Waals surface area contributed by atoms with E-state index in [0.29, 0.717) is 5.41 Å². The van der Waals surface area contributed by atoms with Crippen LogP contribution in [0, 0.1) is 5.92 Å². The fraction of sp³-hybridized carbons (Fsp3) is 0.571. The van der Waals surface area contributed by atoms with E-state index in [9.17, 15) is 0 Å². The van der Waals surface area contributed by atoms with Gasteiger partial charge in [0.1, 0.15) is 0 Å². The summed E-state index contributed by atoms with van der Waals surface area (Å²) < 4.78 is 0. The molecule has 2 heteroatoms. The maximum atomic E-state index is 5.92. The third-order valence-corrected chi connectivity index (χ3v) is 3.96. The molecule has 1 fully saturated rings. The highest BCUT2D eigenvalue weighted by atomic mass is 35.5. The molecule has 1 atom stereocenters. The van der Waals surface area contributed by atoms with Crippen molar-refractivity contribution in [2.75, 3.05) is 6.54 Å². The molecule has 0 aliphatic heterocycles. The summed E-state index contributed by atoms with van der Waals surface area (Å²) in [5.74, 6) is 0.725. The Hall–Kier alpha value is -0.530. The second kappa shape index (κ2) is 4.77. The molecular formula is C14H20ClN. The Morgan fingerprint density at radius 1 is 1.31 bits per heavy atom. The van der Waals surface area contributed by atoms with Crippen molar-refractivity contribution in [1.29, 1.82) is 0 Å². The summed E-state index contributed by atoms with van der Waals surface area (Å²) in [7, 11) is 0. The van der Waals surface area contributed by atoms with Crippen LogP contribution in [0.1, 0.15) is 38.2 Å². The fourth-order valence-corrected chi connectivity index (χ4v) is 2.74. The van der Waals surface area contributed by atoms with E-state index in [2.05, 4.69) is 19.1 Å². The minimum Gasteiger partial charge on any atom is -0.330 e. The molecule has 1 nitrogen and oxygen atoms in total. The van der Waals surface area contributed by atoms with E-state index in [1.807, 2.05) is 12.1 Å². The Kier molecular flexibility index (Phi) is 3.56. The van der Waals surface area contributed by atoms with Crippen molar-refractivity contribution >= 4 is 11.6 Å². The molecule has 0 bridgehead atoms. The Bertz CT molecular complexity index is 340. The maximum absolute atomic E-state index is 5.92. The SMILES string of the molecule is CC(CCN)CC1(c2ccc(Cl)cc2)CC1. The van der Waals surface area contributed by atoms with E-state index >= 15 is 0 Å². The van der Waals surface area contributed by atoms with Gasteiger partial charge in [-0.2, -0.15) is 0 Å². The van der Waals surface area contributed by atoms with Crippen LogP contribution < -0.4 is 5.73 Å². The molecule has 1 aromatic rings. The standard InChI is InChI=1S/C14H20ClN/c1-11(6-9-16)10-14(7-8-14)12-2-4-13(15)5-3-12/h2-5,11H,6-10,16H2,1H3. The lowest BCUT2D eigenvalue weighted by Gasteiger charge is -2.20. The summed E-state index contributed by atoms with van der Waals surface area (Å²) in [4.78, 5) is 0. The highest BCUT2D eigenvalue weighted by molar-refractivity contribution is 6.30. The van der Waals surface area contributed by atoms with Crippen LogP contribution in [-0.2, 0) is 5.41 Å². The number of rotatable bonds is 5. The average Bonchev–Trinajstić information content (AvgIpc) is 3.00. The zero-order chi connectivity index (χ0) is 11.6. The molecule has 2 N–H and O–H groups in total. The Morgan fingerprint density at radius 3 is 2.44 bits per heavy atom. The van der Waals surface area contributed by atoms with E-state index in [1.54, 1.807) is 0 Å². The third-order valence-electron chi connectivity index (χ3n) is 3.71. The third kappa shape index (κ3) is 2.58. The van der Waals surface area contributed by atoms with E-state index in [4.69, 9.17) is 17.3 Å². The quantitative estimate of drug-likeness (QED) is 0.830. The topological polar surface area (TPSA) is 26.0 Å². The molecule has 0 heterocycles. The van der Waals surface area contributed by atoms with Gasteiger partial charge in [0.15, 0.2) is 0 Å². The molecule has 88 valence electrons. The second-order valence-corrected chi connectivity index (χ2v) is 5.61. The molecule has 1 saturated carbocycles. The molecule has 1 unspecified atom stereocenters. The maximum Gasteiger partial charge on any atom is 0.0406 e. The van der Waals surface area contributed by atoms with Gasteiger partial charge in [-0.1, -0.05) is 30.7 Å². The van der Waals surface area contributed by atoms with E-state index < -0.39 is 0 Å². The van der Waals surface area contributed by atoms with Crippen LogP contribution in [0.4, 0.5) is 0 Å². The largest absolute Gasteiger partial charge is 0.330 e. The lowest BCUT2D eigenvalue weighted by atomic mass is 9.85. The first-order chi connectivity index (χ1) is 7.66. The smallest absolute Gasteiger partial charge is 0.0406 e. The van der Waals surface area contributed by atoms with Crippen LogP contribution >= 0.6 is 11.6 Å².